The SMILES string of the molecule is Cc1cc(C(=O)CSc2nnc(C)n2Cc2ccccc2)c(C)n1C. The van der Waals surface area contributed by atoms with Gasteiger partial charge in [0.2, 0.25) is 0 Å². The molecule has 0 saturated heterocycles. The van der Waals surface area contributed by atoms with Crippen molar-refractivity contribution >= 4 is 17.5 Å². The highest BCUT2D eigenvalue weighted by Gasteiger charge is 2.17. The van der Waals surface area contributed by atoms with E-state index in [0.29, 0.717) is 12.3 Å². The van der Waals surface area contributed by atoms with Gasteiger partial charge in [-0.1, -0.05) is 42.1 Å². The van der Waals surface area contributed by atoms with Gasteiger partial charge in [-0.05, 0) is 32.4 Å². The molecule has 6 heteroatoms. The van der Waals surface area contributed by atoms with Crippen LogP contribution < -0.4 is 0 Å². The van der Waals surface area contributed by atoms with Crippen LogP contribution in [0.15, 0.2) is 41.6 Å². The highest BCUT2D eigenvalue weighted by Crippen LogP contribution is 2.22. The monoisotopic (exact) mass is 354 g/mol. The highest BCUT2D eigenvalue weighted by atomic mass is 32.2. The summed E-state index contributed by atoms with van der Waals surface area (Å²) < 4.78 is 4.09. The van der Waals surface area contributed by atoms with E-state index < -0.39 is 0 Å². The Morgan fingerprint density at radius 3 is 2.48 bits per heavy atom. The molecule has 130 valence electrons. The summed E-state index contributed by atoms with van der Waals surface area (Å²) in [5.74, 6) is 1.33. The molecule has 1 aromatic carbocycles. The van der Waals surface area contributed by atoms with Crippen molar-refractivity contribution in [2.24, 2.45) is 7.05 Å². The number of hydrogen-bond donors (Lipinski definition) is 0. The van der Waals surface area contributed by atoms with Crippen molar-refractivity contribution in [2.75, 3.05) is 5.75 Å². The summed E-state index contributed by atoms with van der Waals surface area (Å²) in [6, 6.07) is 12.2. The largest absolute Gasteiger partial charge is 0.351 e. The number of aromatic nitrogens is 4. The summed E-state index contributed by atoms with van der Waals surface area (Å²) in [4.78, 5) is 12.6. The van der Waals surface area contributed by atoms with Crippen molar-refractivity contribution in [1.82, 2.24) is 19.3 Å². The van der Waals surface area contributed by atoms with Crippen LogP contribution in [-0.4, -0.2) is 30.9 Å². The summed E-state index contributed by atoms with van der Waals surface area (Å²) in [6.07, 6.45) is 0. The minimum atomic E-state index is 0.123. The molecule has 2 heterocycles. The van der Waals surface area contributed by atoms with Crippen LogP contribution in [0.4, 0.5) is 0 Å². The van der Waals surface area contributed by atoms with Crippen LogP contribution in [-0.2, 0) is 13.6 Å². The molecular weight excluding hydrogens is 332 g/mol. The normalized spacial score (nSPS) is 11.0. The van der Waals surface area contributed by atoms with Gasteiger partial charge in [-0.2, -0.15) is 0 Å². The Labute approximate surface area is 152 Å². The Hall–Kier alpha value is -2.34. The number of nitrogens with zero attached hydrogens (tertiary/aromatic N) is 4. The van der Waals surface area contributed by atoms with E-state index in [-0.39, 0.29) is 5.78 Å². The maximum absolute atomic E-state index is 12.6. The summed E-state index contributed by atoms with van der Waals surface area (Å²) >= 11 is 1.44. The minimum absolute atomic E-state index is 0.123. The van der Waals surface area contributed by atoms with Gasteiger partial charge in [0.25, 0.3) is 0 Å². The van der Waals surface area contributed by atoms with Crippen LogP contribution in [0, 0.1) is 20.8 Å². The first-order valence-corrected chi connectivity index (χ1v) is 9.18. The molecule has 0 spiro atoms. The van der Waals surface area contributed by atoms with Crippen molar-refractivity contribution in [3.63, 3.8) is 0 Å². The zero-order valence-corrected chi connectivity index (χ0v) is 15.8. The predicted octanol–water partition coefficient (Wildman–Crippen LogP) is 3.57. The van der Waals surface area contributed by atoms with Gasteiger partial charge < -0.3 is 9.13 Å². The predicted molar refractivity (Wildman–Crippen MR) is 100 cm³/mol. The maximum Gasteiger partial charge on any atom is 0.191 e. The topological polar surface area (TPSA) is 52.7 Å². The Balaban J connectivity index is 1.73. The van der Waals surface area contributed by atoms with Gasteiger partial charge in [0.1, 0.15) is 5.82 Å². The molecule has 2 aromatic heterocycles. The van der Waals surface area contributed by atoms with Crippen molar-refractivity contribution in [2.45, 2.75) is 32.5 Å². The second-order valence-corrected chi connectivity index (χ2v) is 7.10. The van der Waals surface area contributed by atoms with E-state index in [2.05, 4.69) is 26.9 Å². The first kappa shape index (κ1) is 17.5. The molecule has 3 rings (SSSR count). The standard InChI is InChI=1S/C19H22N4OS/c1-13-10-17(14(2)22(13)4)18(24)12-25-19-21-20-15(3)23(19)11-16-8-6-5-7-9-16/h5-10H,11-12H2,1-4H3. The lowest BCUT2D eigenvalue weighted by Crippen LogP contribution is -2.07. The summed E-state index contributed by atoms with van der Waals surface area (Å²) in [5, 5.41) is 9.19. The van der Waals surface area contributed by atoms with Gasteiger partial charge >= 0.3 is 0 Å². The van der Waals surface area contributed by atoms with E-state index in [1.165, 1.54) is 17.3 Å². The number of hydrogen-bond acceptors (Lipinski definition) is 4. The fourth-order valence-electron chi connectivity index (χ4n) is 2.76. The molecule has 0 aliphatic carbocycles. The van der Waals surface area contributed by atoms with E-state index >= 15 is 0 Å². The number of thioether (sulfide) groups is 1. The number of carbonyl (C=O) groups is 1. The van der Waals surface area contributed by atoms with Gasteiger partial charge in [-0.25, -0.2) is 0 Å². The first-order chi connectivity index (χ1) is 12.0. The number of carbonyl (C=O) groups excluding carboxylic acids is 1. The molecule has 0 radical (unpaired) electrons. The summed E-state index contributed by atoms with van der Waals surface area (Å²) in [6.45, 7) is 6.63. The molecule has 25 heavy (non-hydrogen) atoms. The smallest absolute Gasteiger partial charge is 0.191 e. The molecule has 0 saturated carbocycles. The Kier molecular flexibility index (Phi) is 5.08. The molecule has 0 atom stereocenters. The fraction of sp³-hybridized carbons (Fsp3) is 0.316. The molecule has 0 fully saturated rings. The van der Waals surface area contributed by atoms with E-state index in [1.807, 2.05) is 56.7 Å². The van der Waals surface area contributed by atoms with Gasteiger partial charge in [0.15, 0.2) is 10.9 Å². The van der Waals surface area contributed by atoms with E-state index in [4.69, 9.17) is 0 Å². The molecule has 0 bridgehead atoms. The van der Waals surface area contributed by atoms with Crippen LogP contribution in [0.5, 0.6) is 0 Å². The first-order valence-electron chi connectivity index (χ1n) is 8.20. The van der Waals surface area contributed by atoms with E-state index in [9.17, 15) is 4.79 Å². The molecule has 0 aliphatic rings. The average molecular weight is 354 g/mol. The second kappa shape index (κ2) is 7.27. The third kappa shape index (κ3) is 3.69. The van der Waals surface area contributed by atoms with Crippen molar-refractivity contribution in [3.05, 3.63) is 64.7 Å². The van der Waals surface area contributed by atoms with Crippen LogP contribution in [0.1, 0.15) is 33.1 Å². The number of aryl methyl sites for hydroxylation is 2. The van der Waals surface area contributed by atoms with Crippen molar-refractivity contribution < 1.29 is 4.79 Å². The lowest BCUT2D eigenvalue weighted by Gasteiger charge is -2.08. The lowest BCUT2D eigenvalue weighted by molar-refractivity contribution is 0.102. The van der Waals surface area contributed by atoms with E-state index in [1.54, 1.807) is 0 Å². The number of ketones is 1. The zero-order valence-electron chi connectivity index (χ0n) is 15.0. The Morgan fingerprint density at radius 1 is 1.12 bits per heavy atom. The summed E-state index contributed by atoms with van der Waals surface area (Å²) in [5.41, 5.74) is 4.07. The van der Waals surface area contributed by atoms with Gasteiger partial charge in [0, 0.05) is 24.0 Å². The number of rotatable bonds is 6. The minimum Gasteiger partial charge on any atom is -0.351 e. The quantitative estimate of drug-likeness (QED) is 0.502. The Morgan fingerprint density at radius 2 is 1.84 bits per heavy atom. The van der Waals surface area contributed by atoms with Gasteiger partial charge in [0.05, 0.1) is 12.3 Å². The molecule has 0 amide bonds. The van der Waals surface area contributed by atoms with Crippen LogP contribution in [0.3, 0.4) is 0 Å². The van der Waals surface area contributed by atoms with Crippen LogP contribution >= 0.6 is 11.8 Å². The van der Waals surface area contributed by atoms with Crippen molar-refractivity contribution in [3.8, 4) is 0 Å². The average Bonchev–Trinajstić information content (AvgIpc) is 3.09. The fourth-order valence-corrected chi connectivity index (χ4v) is 3.63. The van der Waals surface area contributed by atoms with Gasteiger partial charge in [-0.15, -0.1) is 10.2 Å². The highest BCUT2D eigenvalue weighted by molar-refractivity contribution is 7.99. The lowest BCUT2D eigenvalue weighted by atomic mass is 10.2. The third-order valence-electron chi connectivity index (χ3n) is 4.49. The molecule has 0 aliphatic heterocycles. The second-order valence-electron chi connectivity index (χ2n) is 6.16. The molecule has 0 unspecified atom stereocenters. The van der Waals surface area contributed by atoms with E-state index in [0.717, 1.165) is 27.9 Å². The molecular formula is C19H22N4OS. The molecule has 5 nitrogen and oxygen atoms in total. The molecule has 0 N–H and O–H groups in total. The van der Waals surface area contributed by atoms with Crippen LogP contribution in [0.2, 0.25) is 0 Å². The summed E-state index contributed by atoms with van der Waals surface area (Å²) in [7, 11) is 1.98. The van der Waals surface area contributed by atoms with Crippen molar-refractivity contribution in [1.29, 1.82) is 0 Å². The molecule has 3 aromatic rings. The zero-order chi connectivity index (χ0) is 18.0. The van der Waals surface area contributed by atoms with Gasteiger partial charge in [-0.3, -0.25) is 4.79 Å². The number of Topliss-reactive ketones (excluding diaryl/α,β-unsaturated/α-hetero) is 1. The number of benzene rings is 1. The van der Waals surface area contributed by atoms with Crippen LogP contribution in [0.25, 0.3) is 0 Å². The Bertz CT molecular complexity index is 896. The third-order valence-corrected chi connectivity index (χ3v) is 5.46. The maximum atomic E-state index is 12.6.